The van der Waals surface area contributed by atoms with Crippen LogP contribution in [0.25, 0.3) is 0 Å². The van der Waals surface area contributed by atoms with Gasteiger partial charge in [0.25, 0.3) is 0 Å². The van der Waals surface area contributed by atoms with Gasteiger partial charge in [-0.3, -0.25) is 0 Å². The van der Waals surface area contributed by atoms with Crippen LogP contribution >= 0.6 is 11.3 Å². The highest BCUT2D eigenvalue weighted by Crippen LogP contribution is 2.15. The zero-order chi connectivity index (χ0) is 12.9. The van der Waals surface area contributed by atoms with Gasteiger partial charge in [0, 0.05) is 18.2 Å². The third-order valence-corrected chi connectivity index (χ3v) is 3.70. The average Bonchev–Trinajstić information content (AvgIpc) is 2.70. The lowest BCUT2D eigenvalue weighted by molar-refractivity contribution is 0.0595. The molecule has 8 heteroatoms. The van der Waals surface area contributed by atoms with Gasteiger partial charge in [0.15, 0.2) is 10.8 Å². The van der Waals surface area contributed by atoms with Gasteiger partial charge in [0.1, 0.15) is 9.84 Å². The van der Waals surface area contributed by atoms with E-state index in [-0.39, 0.29) is 11.4 Å². The number of sulfone groups is 1. The average molecular weight is 278 g/mol. The van der Waals surface area contributed by atoms with Crippen LogP contribution in [0.15, 0.2) is 5.38 Å². The zero-order valence-corrected chi connectivity index (χ0v) is 11.2. The molecule has 0 aliphatic carbocycles. The molecule has 1 heterocycles. The molecule has 6 nitrogen and oxygen atoms in total. The Morgan fingerprint density at radius 1 is 1.59 bits per heavy atom. The molecular formula is C9H14N2O4S2. The molecule has 0 spiro atoms. The SMILES string of the molecule is COC(=O)c1csc(NCCCS(C)(=O)=O)n1. The van der Waals surface area contributed by atoms with Gasteiger partial charge < -0.3 is 10.1 Å². The van der Waals surface area contributed by atoms with E-state index >= 15 is 0 Å². The third-order valence-electron chi connectivity index (χ3n) is 1.87. The number of anilines is 1. The van der Waals surface area contributed by atoms with Crippen LogP contribution in [0.4, 0.5) is 5.13 Å². The summed E-state index contributed by atoms with van der Waals surface area (Å²) in [6, 6.07) is 0. The minimum Gasteiger partial charge on any atom is -0.464 e. The Hall–Kier alpha value is -1.15. The Morgan fingerprint density at radius 3 is 2.88 bits per heavy atom. The first kappa shape index (κ1) is 13.9. The summed E-state index contributed by atoms with van der Waals surface area (Å²) in [5.74, 6) is -0.347. The molecule has 0 bridgehead atoms. The van der Waals surface area contributed by atoms with Gasteiger partial charge in [-0.2, -0.15) is 0 Å². The van der Waals surface area contributed by atoms with E-state index < -0.39 is 15.8 Å². The van der Waals surface area contributed by atoms with E-state index in [0.29, 0.717) is 18.1 Å². The van der Waals surface area contributed by atoms with Crippen molar-refractivity contribution in [1.82, 2.24) is 4.98 Å². The van der Waals surface area contributed by atoms with Crippen molar-refractivity contribution in [2.24, 2.45) is 0 Å². The van der Waals surface area contributed by atoms with Gasteiger partial charge in [-0.15, -0.1) is 11.3 Å². The maximum absolute atomic E-state index is 11.1. The zero-order valence-electron chi connectivity index (χ0n) is 9.60. The molecule has 0 aromatic carbocycles. The highest BCUT2D eigenvalue weighted by Gasteiger charge is 2.10. The second-order valence-electron chi connectivity index (χ2n) is 3.44. The van der Waals surface area contributed by atoms with Gasteiger partial charge in [-0.1, -0.05) is 0 Å². The van der Waals surface area contributed by atoms with Crippen molar-refractivity contribution < 1.29 is 17.9 Å². The number of carbonyl (C=O) groups is 1. The molecule has 0 radical (unpaired) electrons. The Morgan fingerprint density at radius 2 is 2.29 bits per heavy atom. The monoisotopic (exact) mass is 278 g/mol. The number of hydrogen-bond donors (Lipinski definition) is 1. The van der Waals surface area contributed by atoms with Crippen LogP contribution in [0.2, 0.25) is 0 Å². The standard InChI is InChI=1S/C9H14N2O4S2/c1-15-8(12)7-6-16-9(11-7)10-4-3-5-17(2,13)14/h6H,3-5H2,1-2H3,(H,10,11). The van der Waals surface area contributed by atoms with Gasteiger partial charge >= 0.3 is 5.97 Å². The fourth-order valence-electron chi connectivity index (χ4n) is 1.08. The molecule has 96 valence electrons. The summed E-state index contributed by atoms with van der Waals surface area (Å²) in [5.41, 5.74) is 0.253. The van der Waals surface area contributed by atoms with Gasteiger partial charge in [0.2, 0.25) is 0 Å². The first-order valence-corrected chi connectivity index (χ1v) is 7.82. The number of aromatic nitrogens is 1. The Bertz CT molecular complexity index is 481. The van der Waals surface area contributed by atoms with Gasteiger partial charge in [-0.25, -0.2) is 18.2 Å². The topological polar surface area (TPSA) is 85.4 Å². The van der Waals surface area contributed by atoms with Crippen molar-refractivity contribution in [2.45, 2.75) is 6.42 Å². The van der Waals surface area contributed by atoms with Crippen LogP contribution in [0, 0.1) is 0 Å². The van der Waals surface area contributed by atoms with Crippen LogP contribution in [-0.2, 0) is 14.6 Å². The van der Waals surface area contributed by atoms with Crippen LogP contribution in [-0.4, -0.2) is 45.0 Å². The maximum atomic E-state index is 11.1. The molecular weight excluding hydrogens is 264 g/mol. The number of thiazole rings is 1. The second kappa shape index (κ2) is 5.97. The summed E-state index contributed by atoms with van der Waals surface area (Å²) in [7, 11) is -1.63. The van der Waals surface area contributed by atoms with E-state index in [1.54, 1.807) is 5.38 Å². The first-order chi connectivity index (χ1) is 7.92. The second-order valence-corrected chi connectivity index (χ2v) is 6.56. The number of rotatable bonds is 6. The van der Waals surface area contributed by atoms with Crippen molar-refractivity contribution in [1.29, 1.82) is 0 Å². The smallest absolute Gasteiger partial charge is 0.357 e. The fourth-order valence-corrected chi connectivity index (χ4v) is 2.46. The van der Waals surface area contributed by atoms with Crippen LogP contribution in [0.3, 0.4) is 0 Å². The molecule has 0 aliphatic rings. The fraction of sp³-hybridized carbons (Fsp3) is 0.556. The largest absolute Gasteiger partial charge is 0.464 e. The van der Waals surface area contributed by atoms with Crippen LogP contribution < -0.4 is 5.32 Å². The Labute approximate surface area is 104 Å². The predicted octanol–water partition coefficient (Wildman–Crippen LogP) is 0.776. The summed E-state index contributed by atoms with van der Waals surface area (Å²) in [5, 5.41) is 5.12. The minimum atomic E-state index is -2.92. The van der Waals surface area contributed by atoms with Crippen molar-refractivity contribution in [2.75, 3.05) is 31.0 Å². The van der Waals surface area contributed by atoms with Crippen molar-refractivity contribution >= 4 is 32.3 Å². The molecule has 0 unspecified atom stereocenters. The van der Waals surface area contributed by atoms with E-state index in [0.717, 1.165) is 0 Å². The molecule has 0 aliphatic heterocycles. The maximum Gasteiger partial charge on any atom is 0.357 e. The minimum absolute atomic E-state index is 0.134. The molecule has 0 amide bonds. The van der Waals surface area contributed by atoms with E-state index in [9.17, 15) is 13.2 Å². The molecule has 1 N–H and O–H groups in total. The molecule has 17 heavy (non-hydrogen) atoms. The van der Waals surface area contributed by atoms with Crippen molar-refractivity contribution in [3.8, 4) is 0 Å². The van der Waals surface area contributed by atoms with E-state index in [1.807, 2.05) is 0 Å². The predicted molar refractivity (Wildman–Crippen MR) is 66.3 cm³/mol. The highest BCUT2D eigenvalue weighted by molar-refractivity contribution is 7.90. The number of methoxy groups -OCH3 is 1. The van der Waals surface area contributed by atoms with Crippen molar-refractivity contribution in [3.05, 3.63) is 11.1 Å². The molecule has 0 fully saturated rings. The number of nitrogens with one attached hydrogen (secondary N) is 1. The number of hydrogen-bond acceptors (Lipinski definition) is 7. The summed E-state index contributed by atoms with van der Waals surface area (Å²) >= 11 is 1.28. The lowest BCUT2D eigenvalue weighted by Crippen LogP contribution is -2.10. The highest BCUT2D eigenvalue weighted by atomic mass is 32.2. The van der Waals surface area contributed by atoms with Gasteiger partial charge in [0.05, 0.1) is 12.9 Å². The van der Waals surface area contributed by atoms with Gasteiger partial charge in [-0.05, 0) is 6.42 Å². The molecule has 1 rings (SSSR count). The van der Waals surface area contributed by atoms with Crippen LogP contribution in [0.5, 0.6) is 0 Å². The lowest BCUT2D eigenvalue weighted by Gasteiger charge is -2.01. The summed E-state index contributed by atoms with van der Waals surface area (Å²) in [4.78, 5) is 15.1. The Kier molecular flexibility index (Phi) is 4.88. The molecule has 0 saturated heterocycles. The summed E-state index contributed by atoms with van der Waals surface area (Å²) < 4.78 is 26.3. The lowest BCUT2D eigenvalue weighted by atomic mass is 10.5. The molecule has 0 saturated carbocycles. The molecule has 1 aromatic heterocycles. The number of nitrogens with zero attached hydrogens (tertiary/aromatic N) is 1. The quantitative estimate of drug-likeness (QED) is 0.611. The van der Waals surface area contributed by atoms with E-state index in [4.69, 9.17) is 0 Å². The van der Waals surface area contributed by atoms with Crippen LogP contribution in [0.1, 0.15) is 16.9 Å². The number of esters is 1. The summed E-state index contributed by atoms with van der Waals surface area (Å²) in [6.07, 6.45) is 1.71. The first-order valence-electron chi connectivity index (χ1n) is 4.88. The number of ether oxygens (including phenoxy) is 1. The third kappa shape index (κ3) is 5.14. The van der Waals surface area contributed by atoms with E-state index in [2.05, 4.69) is 15.0 Å². The number of carbonyl (C=O) groups excluding carboxylic acids is 1. The normalized spacial score (nSPS) is 11.2. The summed E-state index contributed by atoms with van der Waals surface area (Å²) in [6.45, 7) is 0.501. The molecule has 1 aromatic rings. The van der Waals surface area contributed by atoms with Crippen molar-refractivity contribution in [3.63, 3.8) is 0 Å². The molecule has 0 atom stereocenters. The van der Waals surface area contributed by atoms with E-state index in [1.165, 1.54) is 24.7 Å². The Balaban J connectivity index is 2.38.